The van der Waals surface area contributed by atoms with Crippen LogP contribution in [0.4, 0.5) is 0 Å². The third-order valence-electron chi connectivity index (χ3n) is 3.45. The average molecular weight is 431 g/mol. The quantitative estimate of drug-likeness (QED) is 0.0307. The van der Waals surface area contributed by atoms with E-state index in [0.29, 0.717) is 0 Å². The first kappa shape index (κ1) is 26.1. The van der Waals surface area contributed by atoms with E-state index in [-0.39, 0.29) is 32.2 Å². The second-order valence-corrected chi connectivity index (χ2v) is 5.59. The van der Waals surface area contributed by atoms with Gasteiger partial charge in [0.15, 0.2) is 0 Å². The average Bonchev–Trinajstić information content (AvgIpc) is 2.71. The van der Waals surface area contributed by atoms with Crippen LogP contribution in [0.1, 0.15) is 25.7 Å². The lowest BCUT2D eigenvalue weighted by atomic mass is 10.1. The maximum Gasteiger partial charge on any atom is 0.394 e. The Balaban J connectivity index is 5.35. The minimum atomic E-state index is -1.89. The Hall–Kier alpha value is -3.95. The molecule has 0 saturated heterocycles. The van der Waals surface area contributed by atoms with Crippen molar-refractivity contribution in [3.8, 4) is 0 Å². The van der Waals surface area contributed by atoms with E-state index in [4.69, 9.17) is 21.9 Å². The van der Waals surface area contributed by atoms with E-state index in [1.807, 2.05) is 10.6 Å². The lowest BCUT2D eigenvalue weighted by Gasteiger charge is -2.26. The molecular formula is C14H21N7O9-2. The molecule has 3 amide bonds. The molecular weight excluding hydrogens is 410 g/mol. The largest absolute Gasteiger partial charge is 0.861 e. The summed E-state index contributed by atoms with van der Waals surface area (Å²) in [5.74, 6) is 0.503. The Bertz CT molecular complexity index is 723. The van der Waals surface area contributed by atoms with Crippen LogP contribution in [-0.2, 0) is 24.0 Å². The zero-order chi connectivity index (χ0) is 23.3. The summed E-state index contributed by atoms with van der Waals surface area (Å²) in [6, 6.07) is -2.97. The molecule has 16 heteroatoms. The Morgan fingerprint density at radius 1 is 1.00 bits per heavy atom. The summed E-state index contributed by atoms with van der Waals surface area (Å²) < 4.78 is 0. The first-order valence-corrected chi connectivity index (χ1v) is 8.27. The molecule has 0 unspecified atom stereocenters. The van der Waals surface area contributed by atoms with Gasteiger partial charge in [0.2, 0.25) is 0 Å². The fourth-order valence-electron chi connectivity index (χ4n) is 1.98. The Morgan fingerprint density at radius 2 is 1.60 bits per heavy atom. The molecule has 0 fully saturated rings. The number of carbonyl (C=O) groups is 5. The number of carboxylic acid groups (broad SMARTS) is 2. The highest BCUT2D eigenvalue weighted by molar-refractivity contribution is 6.32. The first-order valence-electron chi connectivity index (χ1n) is 8.27. The van der Waals surface area contributed by atoms with Gasteiger partial charge in [0.25, 0.3) is 5.91 Å². The van der Waals surface area contributed by atoms with E-state index in [2.05, 4.69) is 10.1 Å². The van der Waals surface area contributed by atoms with Crippen molar-refractivity contribution in [3.05, 3.63) is 0 Å². The fourth-order valence-corrected chi connectivity index (χ4v) is 1.98. The van der Waals surface area contributed by atoms with Crippen molar-refractivity contribution in [1.82, 2.24) is 16.1 Å². The Morgan fingerprint density at radius 3 is 2.10 bits per heavy atom. The zero-order valence-corrected chi connectivity index (χ0v) is 15.5. The molecule has 0 radical (unpaired) electrons. The molecule has 9 N–H and O–H groups in total. The SMILES string of the molecule is NN=C([O-])CC[C@H](N=C([O-])[C@H](CCCNC(=O)C(=O)O)NC(=O)C(=O)O)C(=O)NN. The highest BCUT2D eigenvalue weighted by Crippen LogP contribution is 2.06. The molecule has 2 atom stereocenters. The molecule has 30 heavy (non-hydrogen) atoms. The number of aliphatic carboxylic acids is 2. The lowest BCUT2D eigenvalue weighted by molar-refractivity contribution is -0.223. The number of hydrazine groups is 1. The summed E-state index contributed by atoms with van der Waals surface area (Å²) in [6.45, 7) is -0.211. The predicted molar refractivity (Wildman–Crippen MR) is 93.9 cm³/mol. The van der Waals surface area contributed by atoms with Crippen molar-refractivity contribution in [1.29, 1.82) is 0 Å². The van der Waals surface area contributed by atoms with E-state index < -0.39 is 53.5 Å². The fraction of sp³-hybridized carbons (Fsp3) is 0.500. The van der Waals surface area contributed by atoms with Gasteiger partial charge in [-0.1, -0.05) is 0 Å². The van der Waals surface area contributed by atoms with Crippen LogP contribution in [0.2, 0.25) is 0 Å². The van der Waals surface area contributed by atoms with Gasteiger partial charge < -0.3 is 36.9 Å². The van der Waals surface area contributed by atoms with Gasteiger partial charge in [-0.15, -0.1) is 0 Å². The van der Waals surface area contributed by atoms with Crippen molar-refractivity contribution in [2.75, 3.05) is 6.54 Å². The van der Waals surface area contributed by atoms with E-state index in [9.17, 15) is 34.2 Å². The number of hydrogen-bond acceptors (Lipinski definition) is 11. The third kappa shape index (κ3) is 9.83. The molecule has 0 aliphatic carbocycles. The molecule has 0 aromatic rings. The van der Waals surface area contributed by atoms with Crippen LogP contribution in [0.25, 0.3) is 0 Å². The molecule has 0 aromatic carbocycles. The minimum absolute atomic E-state index is 0.0524. The maximum atomic E-state index is 12.4. The summed E-state index contributed by atoms with van der Waals surface area (Å²) >= 11 is 0. The summed E-state index contributed by atoms with van der Waals surface area (Å²) in [4.78, 5) is 58.8. The lowest BCUT2D eigenvalue weighted by Crippen LogP contribution is -2.50. The summed E-state index contributed by atoms with van der Waals surface area (Å²) in [5, 5.41) is 47.4. The minimum Gasteiger partial charge on any atom is -0.861 e. The van der Waals surface area contributed by atoms with Gasteiger partial charge in [-0.2, -0.15) is 0 Å². The number of carbonyl (C=O) groups excluding carboxylic acids is 3. The number of hydrogen-bond donors (Lipinski definition) is 7. The number of amides is 3. The number of nitrogens with zero attached hydrogens (tertiary/aromatic N) is 2. The van der Waals surface area contributed by atoms with E-state index in [1.54, 1.807) is 5.43 Å². The van der Waals surface area contributed by atoms with Crippen LogP contribution in [0.15, 0.2) is 10.1 Å². The van der Waals surface area contributed by atoms with Crippen molar-refractivity contribution < 1.29 is 44.4 Å². The van der Waals surface area contributed by atoms with Crippen molar-refractivity contribution in [3.63, 3.8) is 0 Å². The standard InChI is InChI=1S/C14H23N7O9/c15-20-8(22)4-3-7(10(24)21-16)18-9(23)6(19-12(26)14(29)30)2-1-5-17-11(25)13(27)28/h6-7H,1-5,15-16H2,(H,17,25)(H,18,23)(H,19,26)(H,20,22)(H,21,24)(H,27,28)(H,29,30)/p-2/t6-,7-/m0/s1. The second-order valence-electron chi connectivity index (χ2n) is 5.59. The smallest absolute Gasteiger partial charge is 0.394 e. The van der Waals surface area contributed by atoms with E-state index in [0.717, 1.165) is 0 Å². The molecule has 0 heterocycles. The Kier molecular flexibility index (Phi) is 11.5. The predicted octanol–water partition coefficient (Wildman–Crippen LogP) is -5.93. The van der Waals surface area contributed by atoms with Crippen molar-refractivity contribution in [2.45, 2.75) is 37.8 Å². The second kappa shape index (κ2) is 13.3. The number of rotatable bonds is 11. The number of aliphatic imine (C=N–C) groups is 1. The van der Waals surface area contributed by atoms with Gasteiger partial charge in [-0.25, -0.2) is 20.5 Å². The highest BCUT2D eigenvalue weighted by Gasteiger charge is 2.21. The molecule has 0 bridgehead atoms. The van der Waals surface area contributed by atoms with Gasteiger partial charge in [-0.3, -0.25) is 24.8 Å². The third-order valence-corrected chi connectivity index (χ3v) is 3.45. The Labute approximate surface area is 169 Å². The summed E-state index contributed by atoms with van der Waals surface area (Å²) in [7, 11) is 0. The molecule has 168 valence electrons. The molecule has 16 nitrogen and oxygen atoms in total. The van der Waals surface area contributed by atoms with Crippen LogP contribution in [0, 0.1) is 0 Å². The van der Waals surface area contributed by atoms with Gasteiger partial charge >= 0.3 is 23.8 Å². The van der Waals surface area contributed by atoms with Crippen LogP contribution < -0.4 is 38.0 Å². The molecule has 0 rings (SSSR count). The van der Waals surface area contributed by atoms with Gasteiger partial charge in [0.1, 0.15) is 6.04 Å². The normalized spacial score (nSPS) is 13.6. The zero-order valence-electron chi connectivity index (χ0n) is 15.5. The highest BCUT2D eigenvalue weighted by atomic mass is 16.4. The summed E-state index contributed by atoms with van der Waals surface area (Å²) in [6.07, 6.45) is -0.959. The van der Waals surface area contributed by atoms with Crippen LogP contribution >= 0.6 is 0 Å². The van der Waals surface area contributed by atoms with E-state index in [1.165, 1.54) is 0 Å². The first-order chi connectivity index (χ1) is 14.0. The maximum absolute atomic E-state index is 12.4. The van der Waals surface area contributed by atoms with Crippen LogP contribution in [0.5, 0.6) is 0 Å². The monoisotopic (exact) mass is 431 g/mol. The van der Waals surface area contributed by atoms with Gasteiger partial charge in [-0.05, 0) is 37.5 Å². The molecule has 0 aliphatic heterocycles. The van der Waals surface area contributed by atoms with Gasteiger partial charge in [0, 0.05) is 6.54 Å². The number of hydrazone groups is 1. The number of carboxylic acids is 2. The summed E-state index contributed by atoms with van der Waals surface area (Å²) in [5.41, 5.74) is 1.74. The van der Waals surface area contributed by atoms with Gasteiger partial charge in [0.05, 0.1) is 6.04 Å². The number of nitrogens with one attached hydrogen (secondary N) is 3. The van der Waals surface area contributed by atoms with Crippen molar-refractivity contribution >= 4 is 41.5 Å². The molecule has 0 aromatic heterocycles. The molecule has 0 aliphatic rings. The van der Waals surface area contributed by atoms with Crippen molar-refractivity contribution in [2.24, 2.45) is 21.8 Å². The molecule has 0 saturated carbocycles. The molecule has 0 spiro atoms. The number of nitrogens with two attached hydrogens (primary N) is 2. The van der Waals surface area contributed by atoms with Crippen LogP contribution in [0.3, 0.4) is 0 Å². The topological polar surface area (TPSA) is 285 Å². The van der Waals surface area contributed by atoms with E-state index >= 15 is 0 Å². The van der Waals surface area contributed by atoms with Crippen LogP contribution in [-0.4, -0.2) is 70.3 Å².